The lowest BCUT2D eigenvalue weighted by Crippen LogP contribution is -2.31. The summed E-state index contributed by atoms with van der Waals surface area (Å²) >= 11 is 0. The Bertz CT molecular complexity index is 1040. The Morgan fingerprint density at radius 1 is 1.17 bits per heavy atom. The number of likely N-dealkylation sites (tertiary alicyclic amines) is 1. The first-order valence-corrected chi connectivity index (χ1v) is 9.24. The molecule has 1 amide bonds. The highest BCUT2D eigenvalue weighted by atomic mass is 19.1. The fourth-order valence-electron chi connectivity index (χ4n) is 3.52. The Kier molecular flexibility index (Phi) is 5.16. The molecule has 29 heavy (non-hydrogen) atoms. The van der Waals surface area contributed by atoms with Crippen LogP contribution in [0.4, 0.5) is 4.39 Å². The molecule has 1 fully saturated rings. The van der Waals surface area contributed by atoms with Gasteiger partial charge in [0, 0.05) is 12.1 Å². The van der Waals surface area contributed by atoms with Gasteiger partial charge in [0.15, 0.2) is 11.5 Å². The van der Waals surface area contributed by atoms with E-state index in [4.69, 9.17) is 14.0 Å². The smallest absolute Gasteiger partial charge is 0.257 e. The molecule has 1 atom stereocenters. The van der Waals surface area contributed by atoms with Crippen LogP contribution < -0.4 is 9.47 Å². The standard InChI is InChI=1S/C21H20FN3O4/c1-27-17-10-9-13(12-18(17)28-2)19-23-20(29-24-19)16-8-5-11-25(16)21(26)14-6-3-4-7-15(14)22/h3-4,6-7,9-10,12,16H,5,8,11H2,1-2H3/t16-/m0/s1. The number of carbonyl (C=O) groups excluding carboxylic acids is 1. The molecule has 0 saturated carbocycles. The Balaban J connectivity index is 1.60. The van der Waals surface area contributed by atoms with Crippen molar-refractivity contribution in [3.05, 3.63) is 59.7 Å². The third-order valence-corrected chi connectivity index (χ3v) is 4.99. The summed E-state index contributed by atoms with van der Waals surface area (Å²) in [7, 11) is 3.11. The molecule has 1 aliphatic rings. The van der Waals surface area contributed by atoms with Crippen molar-refractivity contribution in [2.75, 3.05) is 20.8 Å². The minimum Gasteiger partial charge on any atom is -0.493 e. The van der Waals surface area contributed by atoms with E-state index in [2.05, 4.69) is 10.1 Å². The van der Waals surface area contributed by atoms with Gasteiger partial charge in [-0.15, -0.1) is 0 Å². The molecule has 7 nitrogen and oxygen atoms in total. The van der Waals surface area contributed by atoms with Gasteiger partial charge >= 0.3 is 0 Å². The first-order chi connectivity index (χ1) is 14.1. The summed E-state index contributed by atoms with van der Waals surface area (Å²) in [5.41, 5.74) is 0.738. The Labute approximate surface area is 167 Å². The number of amides is 1. The van der Waals surface area contributed by atoms with Crippen LogP contribution in [0.15, 0.2) is 47.0 Å². The van der Waals surface area contributed by atoms with Gasteiger partial charge in [-0.1, -0.05) is 17.3 Å². The topological polar surface area (TPSA) is 77.7 Å². The van der Waals surface area contributed by atoms with Crippen molar-refractivity contribution in [3.8, 4) is 22.9 Å². The molecule has 2 heterocycles. The van der Waals surface area contributed by atoms with Crippen LogP contribution in [0.5, 0.6) is 11.5 Å². The zero-order valence-electron chi connectivity index (χ0n) is 16.1. The van der Waals surface area contributed by atoms with Crippen LogP contribution in [0.2, 0.25) is 0 Å². The third kappa shape index (κ3) is 3.53. The van der Waals surface area contributed by atoms with E-state index in [0.29, 0.717) is 41.7 Å². The van der Waals surface area contributed by atoms with E-state index in [0.717, 1.165) is 6.42 Å². The number of benzene rings is 2. The molecular formula is C21H20FN3O4. The maximum Gasteiger partial charge on any atom is 0.257 e. The largest absolute Gasteiger partial charge is 0.493 e. The summed E-state index contributed by atoms with van der Waals surface area (Å²) < 4.78 is 30.1. The van der Waals surface area contributed by atoms with Crippen LogP contribution in [0.1, 0.15) is 35.1 Å². The van der Waals surface area contributed by atoms with Crippen LogP contribution in [-0.4, -0.2) is 41.7 Å². The van der Waals surface area contributed by atoms with Gasteiger partial charge in [-0.2, -0.15) is 4.98 Å². The average Bonchev–Trinajstić information content (AvgIpc) is 3.42. The van der Waals surface area contributed by atoms with Crippen LogP contribution in [-0.2, 0) is 0 Å². The number of aromatic nitrogens is 2. The van der Waals surface area contributed by atoms with Gasteiger partial charge in [-0.3, -0.25) is 4.79 Å². The summed E-state index contributed by atoms with van der Waals surface area (Å²) in [5, 5.41) is 4.05. The number of nitrogens with zero attached hydrogens (tertiary/aromatic N) is 3. The minimum atomic E-state index is -0.542. The zero-order valence-corrected chi connectivity index (χ0v) is 16.1. The first kappa shape index (κ1) is 18.9. The number of ether oxygens (including phenoxy) is 2. The molecule has 0 unspecified atom stereocenters. The maximum absolute atomic E-state index is 14.1. The van der Waals surface area contributed by atoms with Gasteiger partial charge < -0.3 is 18.9 Å². The molecule has 0 spiro atoms. The predicted octanol–water partition coefficient (Wildman–Crippen LogP) is 3.87. The molecule has 3 aromatic rings. The second kappa shape index (κ2) is 7.90. The summed E-state index contributed by atoms with van der Waals surface area (Å²) in [6.45, 7) is 0.506. The number of hydrogen-bond acceptors (Lipinski definition) is 6. The normalized spacial score (nSPS) is 16.1. The van der Waals surface area contributed by atoms with Crippen LogP contribution in [0.25, 0.3) is 11.4 Å². The van der Waals surface area contributed by atoms with E-state index < -0.39 is 5.82 Å². The van der Waals surface area contributed by atoms with Crippen molar-refractivity contribution in [3.63, 3.8) is 0 Å². The first-order valence-electron chi connectivity index (χ1n) is 9.24. The average molecular weight is 397 g/mol. The van der Waals surface area contributed by atoms with Crippen LogP contribution in [0, 0.1) is 5.82 Å². The number of halogens is 1. The fraction of sp³-hybridized carbons (Fsp3) is 0.286. The molecule has 2 aromatic carbocycles. The second-order valence-corrected chi connectivity index (χ2v) is 6.66. The molecular weight excluding hydrogens is 377 g/mol. The number of rotatable bonds is 5. The molecule has 0 N–H and O–H groups in total. The summed E-state index contributed by atoms with van der Waals surface area (Å²) in [4.78, 5) is 18.9. The second-order valence-electron chi connectivity index (χ2n) is 6.66. The highest BCUT2D eigenvalue weighted by Crippen LogP contribution is 2.35. The molecule has 0 bridgehead atoms. The summed E-state index contributed by atoms with van der Waals surface area (Å²) in [5.74, 6) is 0.935. The highest BCUT2D eigenvalue weighted by molar-refractivity contribution is 5.94. The van der Waals surface area contributed by atoms with E-state index in [-0.39, 0.29) is 17.5 Å². The monoisotopic (exact) mass is 397 g/mol. The minimum absolute atomic E-state index is 0.0408. The van der Waals surface area contributed by atoms with Crippen molar-refractivity contribution in [2.24, 2.45) is 0 Å². The number of carbonyl (C=O) groups is 1. The van der Waals surface area contributed by atoms with Crippen molar-refractivity contribution < 1.29 is 23.2 Å². The molecule has 0 radical (unpaired) electrons. The Morgan fingerprint density at radius 3 is 2.72 bits per heavy atom. The van der Waals surface area contributed by atoms with Gasteiger partial charge in [0.1, 0.15) is 11.9 Å². The number of methoxy groups -OCH3 is 2. The van der Waals surface area contributed by atoms with Crippen molar-refractivity contribution in [2.45, 2.75) is 18.9 Å². The zero-order chi connectivity index (χ0) is 20.4. The van der Waals surface area contributed by atoms with Gasteiger partial charge in [0.05, 0.1) is 19.8 Å². The summed E-state index contributed by atoms with van der Waals surface area (Å²) in [6, 6.07) is 10.9. The molecule has 150 valence electrons. The lowest BCUT2D eigenvalue weighted by Gasteiger charge is -2.22. The van der Waals surface area contributed by atoms with E-state index >= 15 is 0 Å². The predicted molar refractivity (Wildman–Crippen MR) is 102 cm³/mol. The molecule has 1 saturated heterocycles. The highest BCUT2D eigenvalue weighted by Gasteiger charge is 2.35. The molecule has 8 heteroatoms. The number of hydrogen-bond donors (Lipinski definition) is 0. The van der Waals surface area contributed by atoms with Gasteiger partial charge in [-0.05, 0) is 43.2 Å². The Morgan fingerprint density at radius 2 is 1.97 bits per heavy atom. The summed E-state index contributed by atoms with van der Waals surface area (Å²) in [6.07, 6.45) is 1.45. The lowest BCUT2D eigenvalue weighted by molar-refractivity contribution is 0.0705. The quantitative estimate of drug-likeness (QED) is 0.650. The molecule has 4 rings (SSSR count). The molecule has 1 aromatic heterocycles. The molecule has 1 aliphatic heterocycles. The van der Waals surface area contributed by atoms with Gasteiger partial charge in [0.25, 0.3) is 5.91 Å². The van der Waals surface area contributed by atoms with E-state index in [1.165, 1.54) is 12.1 Å². The van der Waals surface area contributed by atoms with E-state index in [9.17, 15) is 9.18 Å². The SMILES string of the molecule is COc1ccc(-c2noc([C@@H]3CCCN3C(=O)c3ccccc3F)n2)cc1OC. The maximum atomic E-state index is 14.1. The van der Waals surface area contributed by atoms with Gasteiger partial charge in [0.2, 0.25) is 11.7 Å². The van der Waals surface area contributed by atoms with E-state index in [1.54, 1.807) is 49.5 Å². The van der Waals surface area contributed by atoms with Crippen molar-refractivity contribution in [1.29, 1.82) is 0 Å². The van der Waals surface area contributed by atoms with Crippen molar-refractivity contribution in [1.82, 2.24) is 15.0 Å². The van der Waals surface area contributed by atoms with Crippen molar-refractivity contribution >= 4 is 5.91 Å². The lowest BCUT2D eigenvalue weighted by atomic mass is 10.1. The Hall–Kier alpha value is -3.42. The van der Waals surface area contributed by atoms with Crippen LogP contribution >= 0.6 is 0 Å². The fourth-order valence-corrected chi connectivity index (χ4v) is 3.52. The van der Waals surface area contributed by atoms with E-state index in [1.807, 2.05) is 0 Å². The van der Waals surface area contributed by atoms with Crippen LogP contribution in [0.3, 0.4) is 0 Å². The molecule has 0 aliphatic carbocycles. The van der Waals surface area contributed by atoms with Gasteiger partial charge in [-0.25, -0.2) is 4.39 Å². The third-order valence-electron chi connectivity index (χ3n) is 4.99.